The van der Waals surface area contributed by atoms with Crippen LogP contribution in [0.4, 0.5) is 10.1 Å². The monoisotopic (exact) mass is 455 g/mol. The van der Waals surface area contributed by atoms with Gasteiger partial charge in [-0.3, -0.25) is 4.79 Å². The average molecular weight is 455 g/mol. The van der Waals surface area contributed by atoms with Crippen molar-refractivity contribution in [2.24, 2.45) is 0 Å². The Kier molecular flexibility index (Phi) is 5.47. The highest BCUT2D eigenvalue weighted by atomic mass is 31.2. The molecule has 0 unspecified atom stereocenters. The number of hydrogen-bond donors (Lipinski definition) is 0. The van der Waals surface area contributed by atoms with E-state index in [1.165, 1.54) is 11.0 Å². The first-order chi connectivity index (χ1) is 16.0. The summed E-state index contributed by atoms with van der Waals surface area (Å²) in [6.07, 6.45) is 0. The second-order valence-corrected chi connectivity index (χ2v) is 11.1. The number of fused-ring (bicyclic) bond motifs is 1. The van der Waals surface area contributed by atoms with E-state index in [0.717, 1.165) is 5.56 Å². The molecule has 1 aliphatic rings. The molecule has 0 aliphatic carbocycles. The van der Waals surface area contributed by atoms with Crippen LogP contribution in [0.5, 0.6) is 0 Å². The van der Waals surface area contributed by atoms with Gasteiger partial charge in [0.05, 0.1) is 5.69 Å². The van der Waals surface area contributed by atoms with Crippen molar-refractivity contribution in [3.8, 4) is 0 Å². The molecule has 2 atom stereocenters. The summed E-state index contributed by atoms with van der Waals surface area (Å²) in [5, 5.41) is 1.17. The summed E-state index contributed by atoms with van der Waals surface area (Å²) in [6.45, 7) is 0. The minimum Gasteiger partial charge on any atom is -0.314 e. The van der Waals surface area contributed by atoms with Gasteiger partial charge in [-0.15, -0.1) is 0 Å². The molecule has 5 rings (SSSR count). The van der Waals surface area contributed by atoms with Crippen LogP contribution in [0.3, 0.4) is 0 Å². The highest BCUT2D eigenvalue weighted by Gasteiger charge is 2.52. The van der Waals surface area contributed by atoms with Crippen LogP contribution in [0.25, 0.3) is 0 Å². The number of nitrogens with zero attached hydrogens (tertiary/aromatic N) is 1. The summed E-state index contributed by atoms with van der Waals surface area (Å²) >= 11 is 0. The fourth-order valence-electron chi connectivity index (χ4n) is 4.89. The lowest BCUT2D eigenvalue weighted by Crippen LogP contribution is -2.48. The topological polar surface area (TPSA) is 37.4 Å². The summed E-state index contributed by atoms with van der Waals surface area (Å²) in [6, 6.07) is 32.4. The Morgan fingerprint density at radius 1 is 0.727 bits per heavy atom. The number of benzene rings is 4. The zero-order valence-corrected chi connectivity index (χ0v) is 19.0. The van der Waals surface area contributed by atoms with Gasteiger partial charge in [0.25, 0.3) is 0 Å². The Morgan fingerprint density at radius 2 is 1.24 bits per heavy atom. The summed E-state index contributed by atoms with van der Waals surface area (Å²) in [5.74, 6) is -1.38. The molecule has 1 aliphatic heterocycles. The molecule has 0 fully saturated rings. The highest BCUT2D eigenvalue weighted by Crippen LogP contribution is 2.59. The van der Waals surface area contributed by atoms with Gasteiger partial charge in [-0.2, -0.15) is 0 Å². The number of rotatable bonds is 4. The first-order valence-electron chi connectivity index (χ1n) is 10.9. The molecule has 164 valence electrons. The Hall–Kier alpha value is -3.49. The second-order valence-electron chi connectivity index (χ2n) is 8.23. The number of carbonyl (C=O) groups excluding carboxylic acids is 1. The van der Waals surface area contributed by atoms with E-state index in [1.54, 1.807) is 43.4 Å². The van der Waals surface area contributed by atoms with Gasteiger partial charge in [-0.25, -0.2) is 4.39 Å². The first-order valence-corrected chi connectivity index (χ1v) is 12.6. The van der Waals surface area contributed by atoms with E-state index in [2.05, 4.69) is 0 Å². The minimum absolute atomic E-state index is 0.280. The van der Waals surface area contributed by atoms with Crippen LogP contribution in [0.2, 0.25) is 0 Å². The van der Waals surface area contributed by atoms with Gasteiger partial charge in [0.2, 0.25) is 5.91 Å². The van der Waals surface area contributed by atoms with Crippen molar-refractivity contribution in [2.45, 2.75) is 11.6 Å². The molecule has 0 N–H and O–H groups in total. The lowest BCUT2D eigenvalue weighted by Gasteiger charge is -2.42. The third kappa shape index (κ3) is 3.42. The molecule has 1 amide bonds. The summed E-state index contributed by atoms with van der Waals surface area (Å²) < 4.78 is 30.7. The maximum Gasteiger partial charge on any atom is 0.238 e. The molecule has 3 nitrogen and oxygen atoms in total. The van der Waals surface area contributed by atoms with Gasteiger partial charge < -0.3 is 9.46 Å². The number of amides is 1. The van der Waals surface area contributed by atoms with E-state index >= 15 is 8.96 Å². The Bertz CT molecular complexity index is 1300. The predicted molar refractivity (Wildman–Crippen MR) is 132 cm³/mol. The minimum atomic E-state index is -3.55. The van der Waals surface area contributed by atoms with Crippen LogP contribution in [0.1, 0.15) is 17.0 Å². The van der Waals surface area contributed by atoms with E-state index in [9.17, 15) is 4.79 Å². The molecule has 1 heterocycles. The summed E-state index contributed by atoms with van der Waals surface area (Å²) in [7, 11) is -1.91. The van der Waals surface area contributed by atoms with Crippen LogP contribution in [-0.2, 0) is 9.36 Å². The lowest BCUT2D eigenvalue weighted by atomic mass is 9.83. The Balaban J connectivity index is 1.86. The molecule has 4 aromatic rings. The van der Waals surface area contributed by atoms with Crippen molar-refractivity contribution in [1.82, 2.24) is 0 Å². The number of carbonyl (C=O) groups is 1. The normalized spacial score (nSPS) is 18.1. The van der Waals surface area contributed by atoms with Crippen molar-refractivity contribution in [3.05, 3.63) is 126 Å². The summed E-state index contributed by atoms with van der Waals surface area (Å²) in [5.41, 5.74) is 0.696. The zero-order chi connectivity index (χ0) is 23.0. The lowest BCUT2D eigenvalue weighted by molar-refractivity contribution is -0.118. The van der Waals surface area contributed by atoms with E-state index in [0.29, 0.717) is 21.9 Å². The van der Waals surface area contributed by atoms with Crippen molar-refractivity contribution >= 4 is 29.3 Å². The molecule has 4 aromatic carbocycles. The summed E-state index contributed by atoms with van der Waals surface area (Å²) in [4.78, 5) is 15.5. The van der Waals surface area contributed by atoms with Gasteiger partial charge >= 0.3 is 0 Å². The van der Waals surface area contributed by atoms with Crippen LogP contribution in [-0.4, -0.2) is 18.6 Å². The molecule has 5 heteroatoms. The largest absolute Gasteiger partial charge is 0.314 e. The van der Waals surface area contributed by atoms with Gasteiger partial charge in [0.1, 0.15) is 11.5 Å². The van der Waals surface area contributed by atoms with Crippen molar-refractivity contribution < 1.29 is 13.8 Å². The molecule has 0 radical (unpaired) electrons. The molecule has 0 bridgehead atoms. The van der Waals surface area contributed by atoms with E-state index in [1.807, 2.05) is 66.7 Å². The maximum atomic E-state index is 15.4. The van der Waals surface area contributed by atoms with Crippen LogP contribution in [0, 0.1) is 5.82 Å². The SMILES string of the molecule is CN1C(=O)[C@@H](P(=O)(c2ccccc2)c2ccccc2)[C@H](c2ccccc2)c2c(F)cccc21. The van der Waals surface area contributed by atoms with Gasteiger partial charge in [0, 0.05) is 29.1 Å². The zero-order valence-electron chi connectivity index (χ0n) is 18.1. The smallest absolute Gasteiger partial charge is 0.238 e. The molecule has 0 saturated heterocycles. The molecule has 0 saturated carbocycles. The quantitative estimate of drug-likeness (QED) is 0.391. The molecule has 0 spiro atoms. The molecular formula is C28H23FNO2P. The van der Waals surface area contributed by atoms with Crippen molar-refractivity contribution in [3.63, 3.8) is 0 Å². The second kappa shape index (κ2) is 8.46. The van der Waals surface area contributed by atoms with E-state index in [-0.39, 0.29) is 5.91 Å². The van der Waals surface area contributed by atoms with Gasteiger partial charge in [-0.05, 0) is 17.7 Å². The van der Waals surface area contributed by atoms with Crippen LogP contribution < -0.4 is 15.5 Å². The van der Waals surface area contributed by atoms with Crippen molar-refractivity contribution in [2.75, 3.05) is 11.9 Å². The van der Waals surface area contributed by atoms with E-state index < -0.39 is 24.5 Å². The van der Waals surface area contributed by atoms with Crippen LogP contribution >= 0.6 is 7.14 Å². The molecular weight excluding hydrogens is 432 g/mol. The highest BCUT2D eigenvalue weighted by molar-refractivity contribution is 7.80. The average Bonchev–Trinajstić information content (AvgIpc) is 2.87. The predicted octanol–water partition coefficient (Wildman–Crippen LogP) is 5.32. The van der Waals surface area contributed by atoms with Gasteiger partial charge in [0.15, 0.2) is 7.14 Å². The molecule has 0 aromatic heterocycles. The number of anilines is 1. The third-order valence-electron chi connectivity index (χ3n) is 6.43. The fourth-order valence-corrected chi connectivity index (χ4v) is 8.28. The maximum absolute atomic E-state index is 15.4. The fraction of sp³-hybridized carbons (Fsp3) is 0.107. The number of hydrogen-bond acceptors (Lipinski definition) is 2. The number of halogens is 1. The standard InChI is InChI=1S/C28H23FNO2P/c1-30-24-19-11-18-23(29)26(24)25(20-12-5-2-6-13-20)27(28(30)31)33(32,21-14-7-3-8-15-21)22-16-9-4-10-17-22/h2-19,25,27H,1H3/t25-,27+/m1/s1. The third-order valence-corrected chi connectivity index (χ3v) is 9.86. The van der Waals surface area contributed by atoms with Gasteiger partial charge in [-0.1, -0.05) is 97.1 Å². The Morgan fingerprint density at radius 3 is 1.79 bits per heavy atom. The van der Waals surface area contributed by atoms with E-state index in [4.69, 9.17) is 0 Å². The van der Waals surface area contributed by atoms with Crippen LogP contribution in [0.15, 0.2) is 109 Å². The molecule has 33 heavy (non-hydrogen) atoms. The van der Waals surface area contributed by atoms with Crippen molar-refractivity contribution in [1.29, 1.82) is 0 Å². The first kappa shape index (κ1) is 21.4. The Labute approximate surface area is 192 Å².